The van der Waals surface area contributed by atoms with Gasteiger partial charge in [-0.25, -0.2) is 0 Å². The number of hydrogen-bond donors (Lipinski definition) is 0. The maximum absolute atomic E-state index is 2.44. The summed E-state index contributed by atoms with van der Waals surface area (Å²) in [5.41, 5.74) is 0.679. The van der Waals surface area contributed by atoms with Crippen LogP contribution in [0.4, 0.5) is 0 Å². The van der Waals surface area contributed by atoms with Crippen molar-refractivity contribution in [2.45, 2.75) is 275 Å². The molecule has 0 aromatic heterocycles. The van der Waals surface area contributed by atoms with Gasteiger partial charge in [0.2, 0.25) is 0 Å². The minimum Gasteiger partial charge on any atom is -0.0651 e. The number of fused-ring (bicyclic) bond motifs is 4. The molecule has 4 unspecified atom stereocenters. The second-order valence-corrected chi connectivity index (χ2v) is 23.8. The van der Waals surface area contributed by atoms with Crippen LogP contribution in [0.5, 0.6) is 0 Å². The van der Waals surface area contributed by atoms with Crippen LogP contribution in [0.15, 0.2) is 0 Å². The normalized spacial score (nSPS) is 39.5. The Morgan fingerprint density at radius 1 is 0.357 bits per heavy atom. The van der Waals surface area contributed by atoms with Crippen LogP contribution in [-0.2, 0) is 0 Å². The molecule has 9 aliphatic rings. The van der Waals surface area contributed by atoms with Crippen LogP contribution in [0.1, 0.15) is 275 Å². The van der Waals surface area contributed by atoms with E-state index in [2.05, 4.69) is 76.2 Å². The lowest BCUT2D eigenvalue weighted by Crippen LogP contribution is -2.14. The highest BCUT2D eigenvalue weighted by Gasteiger charge is 2.38. The van der Waals surface area contributed by atoms with E-state index < -0.39 is 0 Å². The van der Waals surface area contributed by atoms with E-state index in [4.69, 9.17) is 0 Å². The van der Waals surface area contributed by atoms with Crippen LogP contribution in [0.2, 0.25) is 0 Å². The van der Waals surface area contributed by atoms with E-state index in [0.717, 1.165) is 76.9 Å². The van der Waals surface area contributed by atoms with Crippen molar-refractivity contribution >= 4 is 0 Å². The quantitative estimate of drug-likeness (QED) is 0.249. The maximum Gasteiger partial charge on any atom is -0.0354 e. The standard InChI is InChI=1S/2C8H14.5C8H16/c1-6-4-7-2-3-8(6)5-7;1-6-7-2-3-8(6)5-4-7;1-7-3-5-8(2)6-4-7;1-7-4-3-5-8(2)6-7;1-8(2)6-4-3-5-7-8;1-7-5-3-4-6-8(7)2;1-2-8-6-4-3-5-7-8/h2*6-8H,2-5H2,1H3;2*7-8H,3-6H2,1-2H3;3-7H2,1-2H3;7-8H,3-6H2,1-2H3;8H,2-7H2,1H3/t6-,7?,8?;;;7-,8?;;7-,8?;/m0..1.1./s1. The van der Waals surface area contributed by atoms with Crippen LogP contribution in [0.25, 0.3) is 0 Å². The van der Waals surface area contributed by atoms with Gasteiger partial charge in [0.05, 0.1) is 0 Å². The Morgan fingerprint density at radius 3 is 1.05 bits per heavy atom. The molecule has 7 atom stereocenters. The Labute approximate surface area is 356 Å². The smallest absolute Gasteiger partial charge is 0.0354 e. The zero-order valence-electron chi connectivity index (χ0n) is 40.9. The highest BCUT2D eigenvalue weighted by Crippen LogP contribution is 2.49. The molecule has 4 bridgehead atoms. The second-order valence-electron chi connectivity index (χ2n) is 23.8. The highest BCUT2D eigenvalue weighted by atomic mass is 14.4. The summed E-state index contributed by atoms with van der Waals surface area (Å²) in [6, 6.07) is 0. The van der Waals surface area contributed by atoms with Crippen molar-refractivity contribution in [3.8, 4) is 0 Å². The Hall–Kier alpha value is 0. The zero-order valence-corrected chi connectivity index (χ0v) is 40.9. The second kappa shape index (κ2) is 27.8. The van der Waals surface area contributed by atoms with Gasteiger partial charge in [0, 0.05) is 0 Å². The predicted molar refractivity (Wildman–Crippen MR) is 253 cm³/mol. The van der Waals surface area contributed by atoms with Crippen LogP contribution in [-0.4, -0.2) is 0 Å². The third-order valence-electron chi connectivity index (χ3n) is 17.9. The van der Waals surface area contributed by atoms with E-state index in [9.17, 15) is 0 Å². The molecule has 0 spiro atoms. The van der Waals surface area contributed by atoms with Gasteiger partial charge in [0.1, 0.15) is 0 Å². The van der Waals surface area contributed by atoms with E-state index in [1.165, 1.54) is 148 Å². The highest BCUT2D eigenvalue weighted by molar-refractivity contribution is 4.89. The molecule has 0 aromatic carbocycles. The molecule has 9 fully saturated rings. The Bertz CT molecular complexity index is 870. The van der Waals surface area contributed by atoms with E-state index >= 15 is 0 Å². The molecule has 0 nitrogen and oxygen atoms in total. The molecule has 9 aliphatic carbocycles. The van der Waals surface area contributed by atoms with Gasteiger partial charge in [-0.3, -0.25) is 0 Å². The number of hydrogen-bond acceptors (Lipinski definition) is 0. The van der Waals surface area contributed by atoms with Crippen molar-refractivity contribution < 1.29 is 0 Å². The van der Waals surface area contributed by atoms with E-state index in [0.29, 0.717) is 5.41 Å². The van der Waals surface area contributed by atoms with Gasteiger partial charge >= 0.3 is 0 Å². The molecular weight excluding hydrogens is 673 g/mol. The summed E-state index contributed by atoms with van der Waals surface area (Å²) >= 11 is 0. The summed E-state index contributed by atoms with van der Waals surface area (Å²) in [6.07, 6.45) is 46.3. The lowest BCUT2D eigenvalue weighted by molar-refractivity contribution is 0.244. The van der Waals surface area contributed by atoms with Gasteiger partial charge in [0.15, 0.2) is 0 Å². The monoisotopic (exact) mass is 781 g/mol. The molecule has 0 heteroatoms. The lowest BCUT2D eigenvalue weighted by Gasteiger charge is -2.28. The van der Waals surface area contributed by atoms with Crippen molar-refractivity contribution in [3.63, 3.8) is 0 Å². The Balaban J connectivity index is 0.000000175. The fourth-order valence-electron chi connectivity index (χ4n) is 12.9. The molecule has 332 valence electrons. The van der Waals surface area contributed by atoms with Crippen molar-refractivity contribution in [2.24, 2.45) is 82.3 Å². The molecule has 0 heterocycles. The molecule has 9 rings (SSSR count). The first-order chi connectivity index (χ1) is 26.8. The first-order valence-corrected chi connectivity index (χ1v) is 26.8. The molecule has 0 aromatic rings. The topological polar surface area (TPSA) is 0 Å². The van der Waals surface area contributed by atoms with Gasteiger partial charge in [-0.1, -0.05) is 211 Å². The summed E-state index contributed by atoms with van der Waals surface area (Å²) in [7, 11) is 0. The third kappa shape index (κ3) is 20.5. The number of rotatable bonds is 1. The first-order valence-electron chi connectivity index (χ1n) is 26.8. The molecule has 0 saturated heterocycles. The van der Waals surface area contributed by atoms with Crippen molar-refractivity contribution in [2.75, 3.05) is 0 Å². The predicted octanol–water partition coefficient (Wildman–Crippen LogP) is 19.3. The van der Waals surface area contributed by atoms with Crippen LogP contribution < -0.4 is 0 Å². The Kier molecular flexibility index (Phi) is 25.0. The minimum atomic E-state index is 0.679. The summed E-state index contributed by atoms with van der Waals surface area (Å²) in [5, 5.41) is 0. The molecule has 0 amide bonds. The maximum atomic E-state index is 2.44. The van der Waals surface area contributed by atoms with Gasteiger partial charge in [0.25, 0.3) is 0 Å². The summed E-state index contributed by atoms with van der Waals surface area (Å²) in [6.45, 7) is 26.2. The van der Waals surface area contributed by atoms with Crippen LogP contribution in [0.3, 0.4) is 0 Å². The molecule has 0 N–H and O–H groups in total. The van der Waals surface area contributed by atoms with Crippen molar-refractivity contribution in [1.29, 1.82) is 0 Å². The lowest BCUT2D eigenvalue weighted by atomic mass is 9.78. The average molecular weight is 781 g/mol. The summed E-state index contributed by atoms with van der Waals surface area (Å²) in [4.78, 5) is 0. The molecule has 0 radical (unpaired) electrons. The largest absolute Gasteiger partial charge is 0.0651 e. The van der Waals surface area contributed by atoms with Gasteiger partial charge < -0.3 is 0 Å². The summed E-state index contributed by atoms with van der Waals surface area (Å²) < 4.78 is 0. The molecule has 0 aliphatic heterocycles. The van der Waals surface area contributed by atoms with Crippen molar-refractivity contribution in [1.82, 2.24) is 0 Å². The zero-order chi connectivity index (χ0) is 40.9. The Morgan fingerprint density at radius 2 is 0.804 bits per heavy atom. The fourth-order valence-corrected chi connectivity index (χ4v) is 12.9. The van der Waals surface area contributed by atoms with E-state index in [-0.39, 0.29) is 0 Å². The fraction of sp³-hybridized carbons (Fsp3) is 1.00. The first kappa shape index (κ1) is 50.4. The minimum absolute atomic E-state index is 0.679. The third-order valence-corrected chi connectivity index (χ3v) is 17.9. The van der Waals surface area contributed by atoms with E-state index in [1.54, 1.807) is 51.4 Å². The SMILES string of the molecule is CC1(C)CCCCC1.CC1C2CCC1CC2.CC1CCC(C)CC1.CC1CCCC[C@H]1C.CC1CCC[C@@H](C)C1.CCC1CCCCC1.C[C@H]1CC2CCC1C2. The van der Waals surface area contributed by atoms with Gasteiger partial charge in [-0.05, 0) is 147 Å². The van der Waals surface area contributed by atoms with Crippen LogP contribution >= 0.6 is 0 Å². The molecule has 9 saturated carbocycles. The van der Waals surface area contributed by atoms with Crippen molar-refractivity contribution in [3.05, 3.63) is 0 Å². The van der Waals surface area contributed by atoms with Gasteiger partial charge in [-0.2, -0.15) is 0 Å². The summed E-state index contributed by atoms with van der Waals surface area (Å²) in [5.74, 6) is 13.9. The van der Waals surface area contributed by atoms with E-state index in [1.807, 2.05) is 0 Å². The average Bonchev–Trinajstić information content (AvgIpc) is 3.98. The van der Waals surface area contributed by atoms with Gasteiger partial charge in [-0.15, -0.1) is 0 Å². The molecular formula is C56H108. The van der Waals surface area contributed by atoms with Crippen LogP contribution in [0, 0.1) is 82.3 Å². The molecule has 56 heavy (non-hydrogen) atoms.